The minimum absolute atomic E-state index is 0.0558. The van der Waals surface area contributed by atoms with E-state index >= 15 is 0 Å². The molecule has 168 valence electrons. The van der Waals surface area contributed by atoms with E-state index in [4.69, 9.17) is 4.74 Å². The van der Waals surface area contributed by atoms with Crippen molar-refractivity contribution >= 4 is 17.7 Å². The van der Waals surface area contributed by atoms with Crippen molar-refractivity contribution in [1.82, 2.24) is 20.1 Å². The van der Waals surface area contributed by atoms with Gasteiger partial charge in [-0.2, -0.15) is 0 Å². The Morgan fingerprint density at radius 2 is 1.94 bits per heavy atom. The second-order valence-corrected chi connectivity index (χ2v) is 9.50. The zero-order valence-corrected chi connectivity index (χ0v) is 19.7. The standard InChI is InChI=1S/C25H30N4O2S/c1-4-31-22-14-12-21(13-15-22)29-23(19-9-7-8-17(2)16-19)27-28-25(29)32-18(3)24(30)26-20-10-5-6-11-20/h7-9,12-16,18,20H,4-6,10-11H2,1-3H3,(H,26,30)/t18-/m1/s1. The summed E-state index contributed by atoms with van der Waals surface area (Å²) in [7, 11) is 0. The third kappa shape index (κ3) is 5.15. The van der Waals surface area contributed by atoms with Crippen LogP contribution in [0.5, 0.6) is 5.75 Å². The van der Waals surface area contributed by atoms with Crippen LogP contribution in [0.4, 0.5) is 0 Å². The van der Waals surface area contributed by atoms with Gasteiger partial charge in [0.25, 0.3) is 0 Å². The number of carbonyl (C=O) groups excluding carboxylic acids is 1. The van der Waals surface area contributed by atoms with E-state index in [9.17, 15) is 4.79 Å². The van der Waals surface area contributed by atoms with Crippen LogP contribution in [0.1, 0.15) is 45.1 Å². The van der Waals surface area contributed by atoms with E-state index in [0.29, 0.717) is 17.8 Å². The van der Waals surface area contributed by atoms with Crippen LogP contribution >= 0.6 is 11.8 Å². The van der Waals surface area contributed by atoms with E-state index in [2.05, 4.69) is 34.6 Å². The zero-order chi connectivity index (χ0) is 22.5. The van der Waals surface area contributed by atoms with Crippen molar-refractivity contribution in [1.29, 1.82) is 0 Å². The third-order valence-corrected chi connectivity index (χ3v) is 6.71. The van der Waals surface area contributed by atoms with E-state index in [1.54, 1.807) is 0 Å². The number of amides is 1. The SMILES string of the molecule is CCOc1ccc(-n2c(S[C@H](C)C(=O)NC3CCCC3)nnc2-c2cccc(C)c2)cc1. The predicted molar refractivity (Wildman–Crippen MR) is 128 cm³/mol. The van der Waals surface area contributed by atoms with Crippen molar-refractivity contribution in [2.75, 3.05) is 6.61 Å². The summed E-state index contributed by atoms with van der Waals surface area (Å²) in [6.45, 7) is 6.58. The lowest BCUT2D eigenvalue weighted by atomic mass is 10.1. The van der Waals surface area contributed by atoms with Gasteiger partial charge >= 0.3 is 0 Å². The van der Waals surface area contributed by atoms with Crippen molar-refractivity contribution in [3.63, 3.8) is 0 Å². The van der Waals surface area contributed by atoms with Crippen LogP contribution in [0.2, 0.25) is 0 Å². The van der Waals surface area contributed by atoms with E-state index in [-0.39, 0.29) is 11.2 Å². The molecule has 1 aliphatic rings. The quantitative estimate of drug-likeness (QED) is 0.479. The van der Waals surface area contributed by atoms with Crippen LogP contribution in [-0.2, 0) is 4.79 Å². The summed E-state index contributed by atoms with van der Waals surface area (Å²) < 4.78 is 7.62. The average molecular weight is 451 g/mol. The minimum atomic E-state index is -0.272. The van der Waals surface area contributed by atoms with Crippen LogP contribution in [0.3, 0.4) is 0 Å². The van der Waals surface area contributed by atoms with Gasteiger partial charge in [-0.1, -0.05) is 48.4 Å². The number of nitrogens with one attached hydrogen (secondary N) is 1. The summed E-state index contributed by atoms with van der Waals surface area (Å²) in [5.41, 5.74) is 3.07. The van der Waals surface area contributed by atoms with Gasteiger partial charge in [0, 0.05) is 17.3 Å². The van der Waals surface area contributed by atoms with Crippen LogP contribution < -0.4 is 10.1 Å². The Balaban J connectivity index is 1.65. The monoisotopic (exact) mass is 450 g/mol. The second-order valence-electron chi connectivity index (χ2n) is 8.19. The molecule has 32 heavy (non-hydrogen) atoms. The van der Waals surface area contributed by atoms with Gasteiger partial charge in [-0.3, -0.25) is 9.36 Å². The molecule has 0 bridgehead atoms. The molecule has 7 heteroatoms. The molecule has 1 N–H and O–H groups in total. The zero-order valence-electron chi connectivity index (χ0n) is 18.9. The molecule has 0 spiro atoms. The Labute approximate surface area is 193 Å². The van der Waals surface area contributed by atoms with Gasteiger partial charge in [-0.05, 0) is 63.9 Å². The number of aryl methyl sites for hydroxylation is 1. The molecule has 2 aromatic carbocycles. The summed E-state index contributed by atoms with van der Waals surface area (Å²) in [5.74, 6) is 1.63. The van der Waals surface area contributed by atoms with E-state index in [0.717, 1.165) is 41.2 Å². The lowest BCUT2D eigenvalue weighted by molar-refractivity contribution is -0.120. The predicted octanol–water partition coefficient (Wildman–Crippen LogP) is 5.18. The fourth-order valence-electron chi connectivity index (χ4n) is 4.01. The minimum Gasteiger partial charge on any atom is -0.494 e. The van der Waals surface area contributed by atoms with E-state index < -0.39 is 0 Å². The van der Waals surface area contributed by atoms with E-state index in [1.807, 2.05) is 54.8 Å². The van der Waals surface area contributed by atoms with Crippen LogP contribution in [0.25, 0.3) is 17.1 Å². The average Bonchev–Trinajstić information content (AvgIpc) is 3.44. The second kappa shape index (κ2) is 10.2. The number of ether oxygens (including phenoxy) is 1. The highest BCUT2D eigenvalue weighted by atomic mass is 32.2. The molecular formula is C25H30N4O2S. The Morgan fingerprint density at radius 3 is 2.62 bits per heavy atom. The van der Waals surface area contributed by atoms with Crippen molar-refractivity contribution in [2.45, 2.75) is 62.9 Å². The highest BCUT2D eigenvalue weighted by molar-refractivity contribution is 8.00. The maximum absolute atomic E-state index is 12.8. The number of aromatic nitrogens is 3. The molecular weight excluding hydrogens is 420 g/mol. The summed E-state index contributed by atoms with van der Waals surface area (Å²) in [5, 5.41) is 12.6. The molecule has 1 amide bonds. The summed E-state index contributed by atoms with van der Waals surface area (Å²) in [4.78, 5) is 12.8. The summed E-state index contributed by atoms with van der Waals surface area (Å²) >= 11 is 1.44. The molecule has 4 rings (SSSR count). The number of rotatable bonds is 8. The fraction of sp³-hybridized carbons (Fsp3) is 0.400. The van der Waals surface area contributed by atoms with Crippen molar-refractivity contribution in [3.05, 3.63) is 54.1 Å². The van der Waals surface area contributed by atoms with Gasteiger partial charge < -0.3 is 10.1 Å². The molecule has 1 saturated carbocycles. The normalized spacial score (nSPS) is 15.0. The molecule has 3 aromatic rings. The molecule has 1 fully saturated rings. The lowest BCUT2D eigenvalue weighted by Crippen LogP contribution is -2.37. The maximum atomic E-state index is 12.8. The largest absolute Gasteiger partial charge is 0.494 e. The first-order valence-electron chi connectivity index (χ1n) is 11.3. The molecule has 0 radical (unpaired) electrons. The summed E-state index contributed by atoms with van der Waals surface area (Å²) in [6.07, 6.45) is 4.53. The molecule has 1 heterocycles. The maximum Gasteiger partial charge on any atom is 0.233 e. The van der Waals surface area contributed by atoms with Gasteiger partial charge in [0.05, 0.1) is 11.9 Å². The fourth-order valence-corrected chi connectivity index (χ4v) is 4.89. The lowest BCUT2D eigenvalue weighted by Gasteiger charge is -2.17. The van der Waals surface area contributed by atoms with Crippen molar-refractivity contribution < 1.29 is 9.53 Å². The number of benzene rings is 2. The number of hydrogen-bond donors (Lipinski definition) is 1. The van der Waals surface area contributed by atoms with E-state index in [1.165, 1.54) is 24.6 Å². The number of carbonyl (C=O) groups is 1. The molecule has 1 atom stereocenters. The Hall–Kier alpha value is -2.80. The summed E-state index contributed by atoms with van der Waals surface area (Å²) in [6, 6.07) is 16.4. The molecule has 1 aliphatic carbocycles. The highest BCUT2D eigenvalue weighted by Crippen LogP contribution is 2.31. The van der Waals surface area contributed by atoms with Gasteiger partial charge in [0.1, 0.15) is 5.75 Å². The topological polar surface area (TPSA) is 69.0 Å². The number of thioether (sulfide) groups is 1. The molecule has 1 aromatic heterocycles. The number of hydrogen-bond acceptors (Lipinski definition) is 5. The molecule has 0 saturated heterocycles. The number of nitrogens with zero attached hydrogens (tertiary/aromatic N) is 3. The van der Waals surface area contributed by atoms with Crippen LogP contribution in [0, 0.1) is 6.92 Å². The van der Waals surface area contributed by atoms with Gasteiger partial charge in [0.2, 0.25) is 5.91 Å². The molecule has 6 nitrogen and oxygen atoms in total. The first kappa shape index (κ1) is 22.4. The molecule has 0 aliphatic heterocycles. The van der Waals surface area contributed by atoms with Gasteiger partial charge in [-0.25, -0.2) is 0 Å². The first-order valence-corrected chi connectivity index (χ1v) is 12.2. The van der Waals surface area contributed by atoms with Crippen LogP contribution in [0.15, 0.2) is 53.7 Å². The Kier molecular flexibility index (Phi) is 7.15. The molecule has 0 unspecified atom stereocenters. The smallest absolute Gasteiger partial charge is 0.233 e. The highest BCUT2D eigenvalue weighted by Gasteiger charge is 2.24. The third-order valence-electron chi connectivity index (χ3n) is 5.67. The van der Waals surface area contributed by atoms with Crippen molar-refractivity contribution in [2.24, 2.45) is 0 Å². The van der Waals surface area contributed by atoms with Gasteiger partial charge in [0.15, 0.2) is 11.0 Å². The van der Waals surface area contributed by atoms with Gasteiger partial charge in [-0.15, -0.1) is 10.2 Å². The first-order chi connectivity index (χ1) is 15.5. The Bertz CT molecular complexity index is 1060. The van der Waals surface area contributed by atoms with Crippen LogP contribution in [-0.4, -0.2) is 38.6 Å². The van der Waals surface area contributed by atoms with Crippen molar-refractivity contribution in [3.8, 4) is 22.8 Å². The Morgan fingerprint density at radius 1 is 1.19 bits per heavy atom.